The van der Waals surface area contributed by atoms with Gasteiger partial charge in [-0.05, 0) is 24.1 Å². The van der Waals surface area contributed by atoms with Crippen molar-refractivity contribution in [2.24, 2.45) is 0 Å². The van der Waals surface area contributed by atoms with Crippen LogP contribution in [0.15, 0.2) is 60.7 Å². The van der Waals surface area contributed by atoms with Gasteiger partial charge in [0.25, 0.3) is 0 Å². The third kappa shape index (κ3) is 5.38. The molecule has 2 aromatic rings. The Morgan fingerprint density at radius 1 is 1.00 bits per heavy atom. The number of anilines is 1. The lowest BCUT2D eigenvalue weighted by atomic mass is 10.1. The normalized spacial score (nSPS) is 11.0. The third-order valence-corrected chi connectivity index (χ3v) is 5.47. The van der Waals surface area contributed by atoms with E-state index in [1.165, 1.54) is 11.4 Å². The Labute approximate surface area is 143 Å². The number of hydrogen-bond donors (Lipinski definition) is 1. The van der Waals surface area contributed by atoms with Crippen LogP contribution in [0.5, 0.6) is 0 Å². The molecular weight excluding hydrogens is 324 g/mol. The Hall–Kier alpha value is -2.34. The van der Waals surface area contributed by atoms with Crippen molar-refractivity contribution in [2.75, 3.05) is 23.7 Å². The van der Waals surface area contributed by atoms with Crippen LogP contribution in [0.4, 0.5) is 5.69 Å². The SMILES string of the molecule is CN(c1ccccc1)S(=O)(=O)CCC(=O)NCCc1ccccc1. The second-order valence-electron chi connectivity index (χ2n) is 5.45. The van der Waals surface area contributed by atoms with E-state index in [4.69, 9.17) is 0 Å². The highest BCUT2D eigenvalue weighted by molar-refractivity contribution is 7.92. The fraction of sp³-hybridized carbons (Fsp3) is 0.278. The van der Waals surface area contributed by atoms with Crippen molar-refractivity contribution in [1.29, 1.82) is 0 Å². The minimum atomic E-state index is -3.51. The van der Waals surface area contributed by atoms with Gasteiger partial charge in [0.15, 0.2) is 0 Å². The molecule has 0 spiro atoms. The molecule has 2 rings (SSSR count). The number of para-hydroxylation sites is 1. The molecule has 0 aliphatic carbocycles. The van der Waals surface area contributed by atoms with Crippen molar-refractivity contribution in [1.82, 2.24) is 5.32 Å². The zero-order valence-electron chi connectivity index (χ0n) is 13.7. The minimum absolute atomic E-state index is 0.0473. The Balaban J connectivity index is 1.78. The molecule has 0 aromatic heterocycles. The van der Waals surface area contributed by atoms with E-state index >= 15 is 0 Å². The Morgan fingerprint density at radius 2 is 1.58 bits per heavy atom. The first kappa shape index (κ1) is 18.0. The molecule has 0 bridgehead atoms. The highest BCUT2D eigenvalue weighted by atomic mass is 32.2. The first-order chi connectivity index (χ1) is 11.5. The van der Waals surface area contributed by atoms with E-state index in [0.717, 1.165) is 12.0 Å². The quantitative estimate of drug-likeness (QED) is 0.797. The van der Waals surface area contributed by atoms with Crippen LogP contribution < -0.4 is 9.62 Å². The average Bonchev–Trinajstić information content (AvgIpc) is 2.61. The summed E-state index contributed by atoms with van der Waals surface area (Å²) >= 11 is 0. The predicted molar refractivity (Wildman–Crippen MR) is 96.4 cm³/mol. The number of nitrogens with one attached hydrogen (secondary N) is 1. The molecule has 0 radical (unpaired) electrons. The fourth-order valence-corrected chi connectivity index (χ4v) is 3.40. The van der Waals surface area contributed by atoms with E-state index in [0.29, 0.717) is 12.2 Å². The first-order valence-corrected chi connectivity index (χ1v) is 9.42. The number of nitrogens with zero attached hydrogens (tertiary/aromatic N) is 1. The smallest absolute Gasteiger partial charge is 0.235 e. The molecule has 0 unspecified atom stereocenters. The van der Waals surface area contributed by atoms with Gasteiger partial charge in [-0.25, -0.2) is 8.42 Å². The molecule has 0 saturated heterocycles. The summed E-state index contributed by atoms with van der Waals surface area (Å²) in [6.45, 7) is 0.497. The van der Waals surface area contributed by atoms with Gasteiger partial charge >= 0.3 is 0 Å². The zero-order chi connectivity index (χ0) is 17.4. The van der Waals surface area contributed by atoms with Crippen LogP contribution in [-0.4, -0.2) is 33.7 Å². The summed E-state index contributed by atoms with van der Waals surface area (Å²) in [5, 5.41) is 2.76. The molecule has 128 valence electrons. The van der Waals surface area contributed by atoms with Gasteiger partial charge in [0.2, 0.25) is 15.9 Å². The highest BCUT2D eigenvalue weighted by Crippen LogP contribution is 2.15. The number of amides is 1. The van der Waals surface area contributed by atoms with E-state index < -0.39 is 10.0 Å². The molecule has 24 heavy (non-hydrogen) atoms. The molecule has 2 aromatic carbocycles. The summed E-state index contributed by atoms with van der Waals surface area (Å²) in [7, 11) is -2.02. The van der Waals surface area contributed by atoms with E-state index in [2.05, 4.69) is 5.32 Å². The van der Waals surface area contributed by atoms with Crippen molar-refractivity contribution in [3.8, 4) is 0 Å². The summed E-state index contributed by atoms with van der Waals surface area (Å²) in [4.78, 5) is 11.8. The second kappa shape index (κ2) is 8.49. The van der Waals surface area contributed by atoms with Gasteiger partial charge in [-0.2, -0.15) is 0 Å². The second-order valence-corrected chi connectivity index (χ2v) is 7.57. The monoisotopic (exact) mass is 346 g/mol. The molecule has 0 heterocycles. The van der Waals surface area contributed by atoms with E-state index in [1.54, 1.807) is 24.3 Å². The molecule has 0 fully saturated rings. The van der Waals surface area contributed by atoms with Gasteiger partial charge in [0.1, 0.15) is 0 Å². The number of rotatable bonds is 8. The Morgan fingerprint density at radius 3 is 2.21 bits per heavy atom. The van der Waals surface area contributed by atoms with Crippen LogP contribution in [0, 0.1) is 0 Å². The van der Waals surface area contributed by atoms with E-state index in [-0.39, 0.29) is 18.1 Å². The molecule has 0 saturated carbocycles. The average molecular weight is 346 g/mol. The van der Waals surface area contributed by atoms with Crippen molar-refractivity contribution in [3.63, 3.8) is 0 Å². The van der Waals surface area contributed by atoms with Gasteiger partial charge in [-0.15, -0.1) is 0 Å². The number of benzene rings is 2. The summed E-state index contributed by atoms with van der Waals surface area (Å²) in [5.41, 5.74) is 1.72. The van der Waals surface area contributed by atoms with Gasteiger partial charge in [-0.3, -0.25) is 9.10 Å². The van der Waals surface area contributed by atoms with Gasteiger partial charge in [0, 0.05) is 20.0 Å². The summed E-state index contributed by atoms with van der Waals surface area (Å²) < 4.78 is 25.8. The van der Waals surface area contributed by atoms with Gasteiger partial charge in [0.05, 0.1) is 11.4 Å². The van der Waals surface area contributed by atoms with Gasteiger partial charge in [-0.1, -0.05) is 48.5 Å². The van der Waals surface area contributed by atoms with Crippen LogP contribution >= 0.6 is 0 Å². The predicted octanol–water partition coefficient (Wildman–Crippen LogP) is 2.20. The van der Waals surface area contributed by atoms with E-state index in [1.807, 2.05) is 36.4 Å². The molecule has 0 aliphatic heterocycles. The lowest BCUT2D eigenvalue weighted by Crippen LogP contribution is -2.33. The molecule has 6 heteroatoms. The first-order valence-electron chi connectivity index (χ1n) is 7.81. The Kier molecular flexibility index (Phi) is 6.37. The van der Waals surface area contributed by atoms with Crippen LogP contribution in [0.1, 0.15) is 12.0 Å². The maximum Gasteiger partial charge on any atom is 0.235 e. The topological polar surface area (TPSA) is 66.5 Å². The lowest BCUT2D eigenvalue weighted by molar-refractivity contribution is -0.120. The number of hydrogen-bond acceptors (Lipinski definition) is 3. The van der Waals surface area contributed by atoms with Gasteiger partial charge < -0.3 is 5.32 Å². The molecule has 1 amide bonds. The van der Waals surface area contributed by atoms with Crippen LogP contribution in [0.25, 0.3) is 0 Å². The molecule has 5 nitrogen and oxygen atoms in total. The van der Waals surface area contributed by atoms with Crippen molar-refractivity contribution < 1.29 is 13.2 Å². The lowest BCUT2D eigenvalue weighted by Gasteiger charge is -2.19. The van der Waals surface area contributed by atoms with Crippen LogP contribution in [0.3, 0.4) is 0 Å². The molecule has 0 aliphatic rings. The third-order valence-electron chi connectivity index (χ3n) is 3.70. The maximum absolute atomic E-state index is 12.3. The van der Waals surface area contributed by atoms with Crippen LogP contribution in [0.2, 0.25) is 0 Å². The number of carbonyl (C=O) groups excluding carboxylic acids is 1. The summed E-state index contributed by atoms with van der Waals surface area (Å²) in [5.74, 6) is -0.466. The number of carbonyl (C=O) groups is 1. The molecule has 0 atom stereocenters. The maximum atomic E-state index is 12.3. The fourth-order valence-electron chi connectivity index (χ4n) is 2.24. The standard InChI is InChI=1S/C18H22N2O3S/c1-20(17-10-6-3-7-11-17)24(22,23)15-13-18(21)19-14-12-16-8-4-2-5-9-16/h2-11H,12-15H2,1H3,(H,19,21). The minimum Gasteiger partial charge on any atom is -0.356 e. The number of sulfonamides is 1. The van der Waals surface area contributed by atoms with Crippen LogP contribution in [-0.2, 0) is 21.2 Å². The molecular formula is C18H22N2O3S. The largest absolute Gasteiger partial charge is 0.356 e. The van der Waals surface area contributed by atoms with Crippen molar-refractivity contribution in [2.45, 2.75) is 12.8 Å². The summed E-state index contributed by atoms with van der Waals surface area (Å²) in [6, 6.07) is 18.6. The Bertz CT molecular complexity index is 746. The highest BCUT2D eigenvalue weighted by Gasteiger charge is 2.19. The van der Waals surface area contributed by atoms with Crippen molar-refractivity contribution >= 4 is 21.6 Å². The summed E-state index contributed by atoms with van der Waals surface area (Å²) in [6.07, 6.45) is 0.678. The van der Waals surface area contributed by atoms with Crippen molar-refractivity contribution in [3.05, 3.63) is 66.2 Å². The zero-order valence-corrected chi connectivity index (χ0v) is 14.5. The molecule has 1 N–H and O–H groups in total. The van der Waals surface area contributed by atoms with E-state index in [9.17, 15) is 13.2 Å².